The molecule has 2 amide bonds. The number of aromatic nitrogens is 1. The first-order valence-electron chi connectivity index (χ1n) is 12.9. The standard InChI is InChI=1S/C28H33N3O5/c1-3-23(32)21(13-16-7-5-11-24(16)33)30-27(34)26-18-9-4-8-17(18)15-31(26)28(35)22-14-19-20(29-22)10-6-12-25(19)36-2/h4,6,9-10,12,14,16-18,21,26,29H,3,5,7-8,11,13,15H2,1-2H3,(H,30,34)/t16-,17-,18-,21-,26-/m0/s1. The number of nitrogens with zero attached hydrogens (tertiary/aromatic N) is 1. The molecular formula is C28H33N3O5. The highest BCUT2D eigenvalue weighted by molar-refractivity contribution is 6.02. The lowest BCUT2D eigenvalue weighted by atomic mass is 9.91. The predicted molar refractivity (Wildman–Crippen MR) is 135 cm³/mol. The average Bonchev–Trinajstić information content (AvgIpc) is 3.66. The lowest BCUT2D eigenvalue weighted by Crippen LogP contribution is -2.53. The summed E-state index contributed by atoms with van der Waals surface area (Å²) in [6.07, 6.45) is 7.65. The van der Waals surface area contributed by atoms with Crippen molar-refractivity contribution >= 4 is 34.3 Å². The molecular weight excluding hydrogens is 458 g/mol. The summed E-state index contributed by atoms with van der Waals surface area (Å²) < 4.78 is 5.43. The van der Waals surface area contributed by atoms with E-state index in [1.807, 2.05) is 24.3 Å². The monoisotopic (exact) mass is 491 g/mol. The van der Waals surface area contributed by atoms with E-state index in [1.165, 1.54) is 0 Å². The van der Waals surface area contributed by atoms with E-state index >= 15 is 0 Å². The van der Waals surface area contributed by atoms with Crippen LogP contribution in [0.25, 0.3) is 10.9 Å². The zero-order chi connectivity index (χ0) is 25.4. The highest BCUT2D eigenvalue weighted by Gasteiger charge is 2.48. The Morgan fingerprint density at radius 3 is 2.83 bits per heavy atom. The maximum absolute atomic E-state index is 13.7. The molecule has 3 aliphatic rings. The van der Waals surface area contributed by atoms with Crippen LogP contribution in [0.1, 0.15) is 55.9 Å². The van der Waals surface area contributed by atoms with Crippen molar-refractivity contribution < 1.29 is 23.9 Å². The number of fused-ring (bicyclic) bond motifs is 2. The van der Waals surface area contributed by atoms with Crippen molar-refractivity contribution in [2.24, 2.45) is 17.8 Å². The lowest BCUT2D eigenvalue weighted by Gasteiger charge is -2.28. The van der Waals surface area contributed by atoms with Gasteiger partial charge in [-0.15, -0.1) is 0 Å². The molecule has 190 valence electrons. The maximum atomic E-state index is 13.7. The summed E-state index contributed by atoms with van der Waals surface area (Å²) in [5, 5.41) is 3.76. The van der Waals surface area contributed by atoms with E-state index in [0.29, 0.717) is 30.8 Å². The Morgan fingerprint density at radius 2 is 2.11 bits per heavy atom. The molecule has 2 fully saturated rings. The van der Waals surface area contributed by atoms with Crippen LogP contribution in [-0.4, -0.2) is 59.0 Å². The average molecular weight is 492 g/mol. The summed E-state index contributed by atoms with van der Waals surface area (Å²) in [6, 6.07) is 5.92. The lowest BCUT2D eigenvalue weighted by molar-refractivity contribution is -0.131. The Labute approximate surface area is 210 Å². The molecule has 2 N–H and O–H groups in total. The first-order valence-corrected chi connectivity index (χ1v) is 12.9. The normalized spacial score (nSPS) is 25.8. The van der Waals surface area contributed by atoms with Gasteiger partial charge in [0.1, 0.15) is 23.3 Å². The first kappa shape index (κ1) is 24.3. The van der Waals surface area contributed by atoms with Gasteiger partial charge in [-0.05, 0) is 49.8 Å². The number of hydrogen-bond acceptors (Lipinski definition) is 5. The van der Waals surface area contributed by atoms with Crippen molar-refractivity contribution in [3.05, 3.63) is 42.1 Å². The third-order valence-corrected chi connectivity index (χ3v) is 8.08. The molecule has 0 spiro atoms. The molecule has 0 unspecified atom stereocenters. The van der Waals surface area contributed by atoms with Crippen molar-refractivity contribution in [1.82, 2.24) is 15.2 Å². The topological polar surface area (TPSA) is 109 Å². The highest BCUT2D eigenvalue weighted by atomic mass is 16.5. The van der Waals surface area contributed by atoms with Crippen molar-refractivity contribution in [1.29, 1.82) is 0 Å². The molecule has 1 saturated heterocycles. The molecule has 2 heterocycles. The second-order valence-corrected chi connectivity index (χ2v) is 10.2. The van der Waals surface area contributed by atoms with E-state index in [9.17, 15) is 19.2 Å². The first-order chi connectivity index (χ1) is 17.4. The minimum atomic E-state index is -0.715. The quantitative estimate of drug-likeness (QED) is 0.550. The second-order valence-electron chi connectivity index (χ2n) is 10.2. The van der Waals surface area contributed by atoms with Crippen LogP contribution in [0.3, 0.4) is 0 Å². The van der Waals surface area contributed by atoms with Gasteiger partial charge in [-0.25, -0.2) is 0 Å². The second kappa shape index (κ2) is 9.91. The Hall–Kier alpha value is -3.42. The smallest absolute Gasteiger partial charge is 0.271 e. The number of hydrogen-bond donors (Lipinski definition) is 2. The Bertz CT molecular complexity index is 1230. The van der Waals surface area contributed by atoms with Gasteiger partial charge in [0.25, 0.3) is 5.91 Å². The number of rotatable bonds is 8. The predicted octanol–water partition coefficient (Wildman–Crippen LogP) is 3.42. The van der Waals surface area contributed by atoms with E-state index in [-0.39, 0.29) is 47.6 Å². The van der Waals surface area contributed by atoms with E-state index in [4.69, 9.17) is 4.74 Å². The summed E-state index contributed by atoms with van der Waals surface area (Å²) in [6.45, 7) is 2.23. The molecule has 1 aromatic heterocycles. The number of Topliss-reactive ketones (excluding diaryl/α,β-unsaturated/α-hetero) is 2. The number of methoxy groups -OCH3 is 1. The summed E-state index contributed by atoms with van der Waals surface area (Å²) in [5.41, 5.74) is 1.18. The van der Waals surface area contributed by atoms with E-state index in [2.05, 4.69) is 16.4 Å². The number of carbonyl (C=O) groups is 4. The molecule has 5 rings (SSSR count). The van der Waals surface area contributed by atoms with Gasteiger partial charge in [-0.3, -0.25) is 19.2 Å². The van der Waals surface area contributed by atoms with Crippen LogP contribution in [0, 0.1) is 17.8 Å². The van der Waals surface area contributed by atoms with Gasteiger partial charge in [0.05, 0.1) is 13.2 Å². The van der Waals surface area contributed by atoms with Crippen LogP contribution in [0.4, 0.5) is 0 Å². The molecule has 2 aromatic rings. The Morgan fingerprint density at radius 1 is 1.28 bits per heavy atom. The number of ketones is 2. The molecule has 1 saturated carbocycles. The van der Waals surface area contributed by atoms with Crippen LogP contribution in [0.2, 0.25) is 0 Å². The minimum Gasteiger partial charge on any atom is -0.496 e. The molecule has 2 aliphatic carbocycles. The summed E-state index contributed by atoms with van der Waals surface area (Å²) in [4.78, 5) is 57.2. The Balaban J connectivity index is 1.40. The maximum Gasteiger partial charge on any atom is 0.271 e. The number of carbonyl (C=O) groups excluding carboxylic acids is 4. The third-order valence-electron chi connectivity index (χ3n) is 8.08. The van der Waals surface area contributed by atoms with Crippen molar-refractivity contribution in [3.8, 4) is 5.75 Å². The number of aromatic amines is 1. The molecule has 0 radical (unpaired) electrons. The van der Waals surface area contributed by atoms with Gasteiger partial charge >= 0.3 is 0 Å². The number of allylic oxidation sites excluding steroid dienone is 1. The molecule has 36 heavy (non-hydrogen) atoms. The fraction of sp³-hybridized carbons (Fsp3) is 0.500. The number of amides is 2. The van der Waals surface area contributed by atoms with Gasteiger partial charge in [0.15, 0.2) is 5.78 Å². The van der Waals surface area contributed by atoms with E-state index < -0.39 is 12.1 Å². The minimum absolute atomic E-state index is 0.0832. The molecule has 8 nitrogen and oxygen atoms in total. The molecule has 1 aromatic carbocycles. The van der Waals surface area contributed by atoms with Crippen molar-refractivity contribution in [3.63, 3.8) is 0 Å². The van der Waals surface area contributed by atoms with Crippen LogP contribution in [-0.2, 0) is 14.4 Å². The largest absolute Gasteiger partial charge is 0.496 e. The summed E-state index contributed by atoms with van der Waals surface area (Å²) >= 11 is 0. The number of likely N-dealkylation sites (tertiary alicyclic amines) is 1. The molecule has 0 bridgehead atoms. The summed E-state index contributed by atoms with van der Waals surface area (Å²) in [7, 11) is 1.59. The fourth-order valence-electron chi connectivity index (χ4n) is 6.15. The van der Waals surface area contributed by atoms with E-state index in [0.717, 1.165) is 30.2 Å². The fourth-order valence-corrected chi connectivity index (χ4v) is 6.15. The third kappa shape index (κ3) is 4.33. The summed E-state index contributed by atoms with van der Waals surface area (Å²) in [5.74, 6) is 0.0600. The Kier molecular flexibility index (Phi) is 6.69. The zero-order valence-electron chi connectivity index (χ0n) is 20.8. The van der Waals surface area contributed by atoms with Crippen molar-refractivity contribution in [2.75, 3.05) is 13.7 Å². The van der Waals surface area contributed by atoms with Gasteiger partial charge in [0, 0.05) is 42.1 Å². The number of benzene rings is 1. The molecule has 1 aliphatic heterocycles. The van der Waals surface area contributed by atoms with Crippen LogP contribution in [0.5, 0.6) is 5.75 Å². The number of ether oxygens (including phenoxy) is 1. The van der Waals surface area contributed by atoms with Crippen LogP contribution in [0.15, 0.2) is 36.4 Å². The number of nitrogens with one attached hydrogen (secondary N) is 2. The van der Waals surface area contributed by atoms with Crippen molar-refractivity contribution in [2.45, 2.75) is 57.5 Å². The SMILES string of the molecule is CCC(=O)[C@H](C[C@@H]1CCCC1=O)NC(=O)[C@@H]1[C@H]2C=CC[C@H]2CN1C(=O)c1cc2c(OC)cccc2[nH]1. The van der Waals surface area contributed by atoms with Crippen LogP contribution < -0.4 is 10.1 Å². The van der Waals surface area contributed by atoms with Gasteiger partial charge in [-0.1, -0.05) is 25.1 Å². The molecule has 8 heteroatoms. The zero-order valence-corrected chi connectivity index (χ0v) is 20.8. The molecule has 5 atom stereocenters. The highest BCUT2D eigenvalue weighted by Crippen LogP contribution is 2.39. The van der Waals surface area contributed by atoms with Gasteiger partial charge in [-0.2, -0.15) is 0 Å². The van der Waals surface area contributed by atoms with E-state index in [1.54, 1.807) is 25.0 Å². The number of H-pyrrole nitrogens is 1. The van der Waals surface area contributed by atoms with Gasteiger partial charge < -0.3 is 19.9 Å². The van der Waals surface area contributed by atoms with Crippen LogP contribution >= 0.6 is 0 Å². The van der Waals surface area contributed by atoms with Gasteiger partial charge in [0.2, 0.25) is 5.91 Å².